The Morgan fingerprint density at radius 2 is 1.09 bits per heavy atom. The Morgan fingerprint density at radius 3 is 1.39 bits per heavy atom. The summed E-state index contributed by atoms with van der Waals surface area (Å²) >= 11 is 0. The molecule has 0 fully saturated rings. The molecule has 0 aliphatic heterocycles. The van der Waals surface area contributed by atoms with Gasteiger partial charge < -0.3 is 25.2 Å². The quantitative estimate of drug-likeness (QED) is 0.372. The van der Waals surface area contributed by atoms with Crippen LogP contribution >= 0.6 is 0 Å². The first-order valence-electron chi connectivity index (χ1n) is 5.80. The molecule has 0 heterocycles. The molecule has 0 bridgehead atoms. The third kappa shape index (κ3) is 2.70. The summed E-state index contributed by atoms with van der Waals surface area (Å²) in [5, 5.41) is 60.0. The number of hydrogen-bond donors (Lipinski definition) is 4. The number of rotatable bonds is 4. The fourth-order valence-electron chi connectivity index (χ4n) is 1.69. The van der Waals surface area contributed by atoms with E-state index >= 15 is 0 Å². The summed E-state index contributed by atoms with van der Waals surface area (Å²) in [6.45, 7) is 0. The molecule has 0 spiro atoms. The van der Waals surface area contributed by atoms with Gasteiger partial charge in [0.15, 0.2) is 11.5 Å². The summed E-state index contributed by atoms with van der Waals surface area (Å²) in [7, 11) is 0. The average molecular weight is 324 g/mol. The van der Waals surface area contributed by atoms with E-state index in [2.05, 4.69) is 0 Å². The maximum absolute atomic E-state index is 10.9. The Labute approximate surface area is 126 Å². The molecule has 0 aliphatic rings. The Hall–Kier alpha value is -3.76. The van der Waals surface area contributed by atoms with Crippen LogP contribution in [0.15, 0.2) is 24.3 Å². The summed E-state index contributed by atoms with van der Waals surface area (Å²) in [5.74, 6) is -5.55. The molecule has 0 radical (unpaired) electrons. The van der Waals surface area contributed by atoms with Gasteiger partial charge in [-0.2, -0.15) is 0 Å². The number of hydrogen-bond acceptors (Lipinski definition) is 9. The monoisotopic (exact) mass is 324 g/mol. The van der Waals surface area contributed by atoms with Crippen molar-refractivity contribution in [3.8, 4) is 34.5 Å². The lowest BCUT2D eigenvalue weighted by atomic mass is 10.2. The van der Waals surface area contributed by atoms with Crippen LogP contribution in [0.1, 0.15) is 0 Å². The van der Waals surface area contributed by atoms with Crippen molar-refractivity contribution >= 4 is 11.4 Å². The lowest BCUT2D eigenvalue weighted by molar-refractivity contribution is -0.387. The summed E-state index contributed by atoms with van der Waals surface area (Å²) < 4.78 is 4.88. The zero-order valence-electron chi connectivity index (χ0n) is 11.0. The predicted octanol–water partition coefficient (Wildman–Crippen LogP) is 2.12. The lowest BCUT2D eigenvalue weighted by Gasteiger charge is -2.11. The summed E-state index contributed by atoms with van der Waals surface area (Å²) in [6, 6.07) is 3.21. The van der Waals surface area contributed by atoms with Gasteiger partial charge in [-0.05, 0) is 12.1 Å². The topological polar surface area (TPSA) is 176 Å². The van der Waals surface area contributed by atoms with Gasteiger partial charge in [0.05, 0.1) is 9.85 Å². The Balaban J connectivity index is 2.69. The van der Waals surface area contributed by atoms with Gasteiger partial charge >= 0.3 is 11.4 Å². The van der Waals surface area contributed by atoms with E-state index in [1.165, 1.54) is 0 Å². The maximum Gasteiger partial charge on any atom is 0.315 e. The second-order valence-electron chi connectivity index (χ2n) is 4.18. The molecule has 0 aromatic heterocycles. The molecule has 2 rings (SSSR count). The smallest absolute Gasteiger partial charge is 0.315 e. The molecular formula is C12H8N2O9. The van der Waals surface area contributed by atoms with Gasteiger partial charge in [-0.3, -0.25) is 20.2 Å². The van der Waals surface area contributed by atoms with Crippen LogP contribution in [0.2, 0.25) is 0 Å². The van der Waals surface area contributed by atoms with Crippen LogP contribution in [0.5, 0.6) is 34.5 Å². The largest absolute Gasteiger partial charge is 0.504 e. The minimum atomic E-state index is -1.06. The molecule has 120 valence electrons. The van der Waals surface area contributed by atoms with Crippen LogP contribution in [0.3, 0.4) is 0 Å². The highest BCUT2D eigenvalue weighted by Gasteiger charge is 2.29. The zero-order chi connectivity index (χ0) is 17.3. The molecular weight excluding hydrogens is 316 g/mol. The predicted molar refractivity (Wildman–Crippen MR) is 72.9 cm³/mol. The van der Waals surface area contributed by atoms with Gasteiger partial charge in [0.2, 0.25) is 11.5 Å². The van der Waals surface area contributed by atoms with Crippen molar-refractivity contribution in [3.63, 3.8) is 0 Å². The SMILES string of the molecule is O=[N+]([O-])c1ccc(O)c(O)c1Oc1c([N+](=O)[O-])ccc(O)c1O. The van der Waals surface area contributed by atoms with E-state index in [9.17, 15) is 40.7 Å². The summed E-state index contributed by atoms with van der Waals surface area (Å²) in [5.41, 5.74) is -1.64. The first-order chi connectivity index (χ1) is 10.7. The molecule has 4 N–H and O–H groups in total. The highest BCUT2D eigenvalue weighted by molar-refractivity contribution is 5.67. The molecule has 11 nitrogen and oxygen atoms in total. The molecule has 11 heteroatoms. The number of nitro benzene ring substituents is 2. The number of nitro groups is 2. The normalized spacial score (nSPS) is 10.3. The van der Waals surface area contributed by atoms with E-state index in [1.807, 2.05) is 0 Å². The number of benzene rings is 2. The Bertz CT molecular complexity index is 751. The van der Waals surface area contributed by atoms with Crippen molar-refractivity contribution in [1.29, 1.82) is 0 Å². The van der Waals surface area contributed by atoms with E-state index in [1.54, 1.807) is 0 Å². The molecule has 2 aromatic rings. The fraction of sp³-hybridized carbons (Fsp3) is 0. The van der Waals surface area contributed by atoms with Gasteiger partial charge in [-0.15, -0.1) is 0 Å². The maximum atomic E-state index is 10.9. The van der Waals surface area contributed by atoms with Gasteiger partial charge in [-0.25, -0.2) is 0 Å². The van der Waals surface area contributed by atoms with Gasteiger partial charge in [-0.1, -0.05) is 0 Å². The molecule has 0 atom stereocenters. The van der Waals surface area contributed by atoms with E-state index in [0.29, 0.717) is 0 Å². The molecule has 0 unspecified atom stereocenters. The van der Waals surface area contributed by atoms with Crippen LogP contribution in [0.4, 0.5) is 11.4 Å². The number of nitrogens with zero attached hydrogens (tertiary/aromatic N) is 2. The number of phenolic OH excluding ortho intramolecular Hbond substituents is 4. The molecule has 0 amide bonds. The van der Waals surface area contributed by atoms with E-state index in [4.69, 9.17) is 4.74 Å². The average Bonchev–Trinajstić information content (AvgIpc) is 2.47. The molecule has 0 saturated carbocycles. The summed E-state index contributed by atoms with van der Waals surface area (Å²) in [4.78, 5) is 19.9. The lowest BCUT2D eigenvalue weighted by Crippen LogP contribution is -1.97. The van der Waals surface area contributed by atoms with E-state index in [-0.39, 0.29) is 0 Å². The van der Waals surface area contributed by atoms with Gasteiger partial charge in [0.25, 0.3) is 11.5 Å². The second kappa shape index (κ2) is 5.55. The standard InChI is InChI=1S/C12H8N2O9/c15-7-3-1-5(13(19)20)11(9(7)17)23-12-6(14(21)22)2-4-8(16)10(12)18/h1-4,15-18H. The molecule has 0 saturated heterocycles. The van der Waals surface area contributed by atoms with Crippen LogP contribution < -0.4 is 4.74 Å². The first-order valence-corrected chi connectivity index (χ1v) is 5.80. The van der Waals surface area contributed by atoms with Crippen molar-refractivity contribution in [2.45, 2.75) is 0 Å². The van der Waals surface area contributed by atoms with Crippen LogP contribution in [0.25, 0.3) is 0 Å². The van der Waals surface area contributed by atoms with E-state index in [0.717, 1.165) is 24.3 Å². The number of phenols is 4. The highest BCUT2D eigenvalue weighted by Crippen LogP contribution is 2.50. The van der Waals surface area contributed by atoms with Crippen LogP contribution in [-0.4, -0.2) is 30.3 Å². The van der Waals surface area contributed by atoms with Crippen LogP contribution in [-0.2, 0) is 0 Å². The third-order valence-corrected chi connectivity index (χ3v) is 2.78. The van der Waals surface area contributed by atoms with E-state index < -0.39 is 55.7 Å². The number of aromatic hydroxyl groups is 4. The van der Waals surface area contributed by atoms with Crippen molar-refractivity contribution in [2.24, 2.45) is 0 Å². The minimum absolute atomic E-state index is 0.784. The Morgan fingerprint density at radius 1 is 0.739 bits per heavy atom. The van der Waals surface area contributed by atoms with Crippen molar-refractivity contribution in [1.82, 2.24) is 0 Å². The van der Waals surface area contributed by atoms with Gasteiger partial charge in [0.1, 0.15) is 0 Å². The first kappa shape index (κ1) is 15.6. The van der Waals surface area contributed by atoms with Crippen molar-refractivity contribution in [2.75, 3.05) is 0 Å². The second-order valence-corrected chi connectivity index (χ2v) is 4.18. The fourth-order valence-corrected chi connectivity index (χ4v) is 1.69. The molecule has 0 aliphatic carbocycles. The highest BCUT2D eigenvalue weighted by atomic mass is 16.6. The molecule has 2 aromatic carbocycles. The summed E-state index contributed by atoms with van der Waals surface area (Å²) in [6.07, 6.45) is 0. The zero-order valence-corrected chi connectivity index (χ0v) is 11.0. The van der Waals surface area contributed by atoms with Crippen LogP contribution in [0, 0.1) is 20.2 Å². The Kier molecular flexibility index (Phi) is 3.77. The third-order valence-electron chi connectivity index (χ3n) is 2.78. The van der Waals surface area contributed by atoms with Crippen molar-refractivity contribution < 1.29 is 35.0 Å². The number of ether oxygens (including phenoxy) is 1. The molecule has 23 heavy (non-hydrogen) atoms. The van der Waals surface area contributed by atoms with Crippen molar-refractivity contribution in [3.05, 3.63) is 44.5 Å². The minimum Gasteiger partial charge on any atom is -0.504 e. The van der Waals surface area contributed by atoms with Gasteiger partial charge in [0, 0.05) is 12.1 Å².